The number of anilines is 2. The lowest BCUT2D eigenvalue weighted by atomic mass is 10.0. The minimum Gasteiger partial charge on any atom is -0.491 e. The zero-order chi connectivity index (χ0) is 40.4. The summed E-state index contributed by atoms with van der Waals surface area (Å²) >= 11 is 1.42. The van der Waals surface area contributed by atoms with Crippen LogP contribution in [0.5, 0.6) is 5.75 Å². The van der Waals surface area contributed by atoms with Gasteiger partial charge in [0.25, 0.3) is 16.0 Å². The van der Waals surface area contributed by atoms with E-state index in [1.165, 1.54) is 11.3 Å². The molecule has 12 nitrogen and oxygen atoms in total. The molecule has 14 heteroatoms. The molecule has 0 fully saturated rings. The zero-order valence-electron chi connectivity index (χ0n) is 32.2. The maximum absolute atomic E-state index is 13.3. The maximum Gasteiger partial charge on any atom is 0.274 e. The van der Waals surface area contributed by atoms with Crippen LogP contribution in [-0.2, 0) is 42.0 Å². The number of benzene rings is 4. The Bertz CT molecular complexity index is 2290. The second kappa shape index (κ2) is 19.5. The molecule has 2 N–H and O–H groups in total. The first-order chi connectivity index (χ1) is 27.5. The van der Waals surface area contributed by atoms with E-state index < -0.39 is 15.4 Å². The molecular formula is C43H47N3O9S2. The van der Waals surface area contributed by atoms with Gasteiger partial charge in [-0.1, -0.05) is 60.7 Å². The minimum absolute atomic E-state index is 0.00666. The summed E-state index contributed by atoms with van der Waals surface area (Å²) in [4.78, 5) is 33.9. The number of rotatable bonds is 19. The van der Waals surface area contributed by atoms with E-state index in [9.17, 15) is 22.6 Å². The molecule has 1 aliphatic rings. The number of hydrogen-bond acceptors (Lipinski definition) is 10. The van der Waals surface area contributed by atoms with Crippen molar-refractivity contribution in [3.8, 4) is 17.0 Å². The van der Waals surface area contributed by atoms with Crippen LogP contribution in [0.3, 0.4) is 0 Å². The van der Waals surface area contributed by atoms with Gasteiger partial charge in [0.2, 0.25) is 5.91 Å². The van der Waals surface area contributed by atoms with Gasteiger partial charge in [0, 0.05) is 28.2 Å². The molecule has 1 aliphatic heterocycles. The third-order valence-corrected chi connectivity index (χ3v) is 11.6. The van der Waals surface area contributed by atoms with Crippen LogP contribution in [-0.4, -0.2) is 82.6 Å². The summed E-state index contributed by atoms with van der Waals surface area (Å²) in [6, 6.07) is 28.0. The SMILES string of the molecule is Cc1ccccc1C(=O)N1CCc2cc(-c3nc(NC(=O)Cc4cccc(OCCOCCOCCOCC(c5ccccc5C)S(=O)(=O)O)c4)sc3C)ccc21. The lowest BCUT2D eigenvalue weighted by Gasteiger charge is -2.18. The van der Waals surface area contributed by atoms with E-state index in [0.717, 1.165) is 50.5 Å². The third kappa shape index (κ3) is 11.1. The summed E-state index contributed by atoms with van der Waals surface area (Å²) in [6.45, 7) is 7.85. The molecule has 2 amide bonds. The smallest absolute Gasteiger partial charge is 0.274 e. The quantitative estimate of drug-likeness (QED) is 0.0648. The number of carbonyl (C=O) groups is 2. The predicted octanol–water partition coefficient (Wildman–Crippen LogP) is 7.18. The predicted molar refractivity (Wildman–Crippen MR) is 221 cm³/mol. The normalized spacial score (nSPS) is 13.0. The molecule has 4 aromatic carbocycles. The van der Waals surface area contributed by atoms with Crippen molar-refractivity contribution in [2.24, 2.45) is 0 Å². The van der Waals surface area contributed by atoms with E-state index in [2.05, 4.69) is 11.4 Å². The van der Waals surface area contributed by atoms with Crippen LogP contribution in [0, 0.1) is 20.8 Å². The van der Waals surface area contributed by atoms with Gasteiger partial charge < -0.3 is 29.2 Å². The van der Waals surface area contributed by atoms with Gasteiger partial charge in [0.15, 0.2) is 5.13 Å². The molecule has 5 aromatic rings. The van der Waals surface area contributed by atoms with E-state index in [1.807, 2.05) is 79.4 Å². The third-order valence-electron chi connectivity index (χ3n) is 9.58. The highest BCUT2D eigenvalue weighted by Gasteiger charge is 2.28. The van der Waals surface area contributed by atoms with Crippen molar-refractivity contribution in [1.82, 2.24) is 4.98 Å². The fourth-order valence-corrected chi connectivity index (χ4v) is 8.37. The van der Waals surface area contributed by atoms with Crippen molar-refractivity contribution in [1.29, 1.82) is 0 Å². The largest absolute Gasteiger partial charge is 0.491 e. The first-order valence-electron chi connectivity index (χ1n) is 18.7. The highest BCUT2D eigenvalue weighted by Crippen LogP contribution is 2.36. The van der Waals surface area contributed by atoms with Crippen LogP contribution in [0.25, 0.3) is 11.3 Å². The molecule has 300 valence electrons. The summed E-state index contributed by atoms with van der Waals surface area (Å²) < 4.78 is 55.9. The highest BCUT2D eigenvalue weighted by molar-refractivity contribution is 7.86. The molecule has 0 spiro atoms. The van der Waals surface area contributed by atoms with Crippen molar-refractivity contribution in [2.75, 3.05) is 63.0 Å². The molecule has 0 radical (unpaired) electrons. The van der Waals surface area contributed by atoms with Gasteiger partial charge >= 0.3 is 0 Å². The highest BCUT2D eigenvalue weighted by atomic mass is 32.2. The molecule has 1 unspecified atom stereocenters. The number of aryl methyl sites for hydroxylation is 3. The Balaban J connectivity index is 0.888. The van der Waals surface area contributed by atoms with Crippen molar-refractivity contribution >= 4 is 44.1 Å². The average Bonchev–Trinajstić information content (AvgIpc) is 3.77. The lowest BCUT2D eigenvalue weighted by Crippen LogP contribution is -2.29. The van der Waals surface area contributed by atoms with Crippen LogP contribution in [0.2, 0.25) is 0 Å². The van der Waals surface area contributed by atoms with E-state index in [1.54, 1.807) is 31.2 Å². The molecule has 0 aliphatic carbocycles. The Morgan fingerprint density at radius 1 is 0.842 bits per heavy atom. The summed E-state index contributed by atoms with van der Waals surface area (Å²) in [5.74, 6) is 0.437. The summed E-state index contributed by atoms with van der Waals surface area (Å²) in [5, 5.41) is 2.31. The summed E-state index contributed by atoms with van der Waals surface area (Å²) in [7, 11) is -4.33. The lowest BCUT2D eigenvalue weighted by molar-refractivity contribution is -0.115. The monoisotopic (exact) mass is 813 g/mol. The second-order valence-corrected chi connectivity index (χ2v) is 16.5. The van der Waals surface area contributed by atoms with Gasteiger partial charge in [-0.25, -0.2) is 4.98 Å². The maximum atomic E-state index is 13.3. The van der Waals surface area contributed by atoms with Crippen LogP contribution in [0.1, 0.15) is 48.3 Å². The molecule has 0 saturated heterocycles. The van der Waals surface area contributed by atoms with Gasteiger partial charge in [-0.2, -0.15) is 8.42 Å². The molecule has 57 heavy (non-hydrogen) atoms. The van der Waals surface area contributed by atoms with E-state index in [0.29, 0.717) is 55.0 Å². The van der Waals surface area contributed by atoms with E-state index in [4.69, 9.17) is 23.9 Å². The van der Waals surface area contributed by atoms with Crippen LogP contribution >= 0.6 is 11.3 Å². The summed E-state index contributed by atoms with van der Waals surface area (Å²) in [6.07, 6.45) is 0.910. The topological polar surface area (TPSA) is 154 Å². The van der Waals surface area contributed by atoms with Gasteiger partial charge in [-0.3, -0.25) is 14.1 Å². The molecular weight excluding hydrogens is 767 g/mol. The number of thiazole rings is 1. The van der Waals surface area contributed by atoms with Crippen molar-refractivity contribution in [3.63, 3.8) is 0 Å². The first-order valence-corrected chi connectivity index (χ1v) is 21.0. The van der Waals surface area contributed by atoms with Crippen LogP contribution in [0.15, 0.2) is 91.0 Å². The Morgan fingerprint density at radius 3 is 2.28 bits per heavy atom. The molecule has 6 rings (SSSR count). The second-order valence-electron chi connectivity index (χ2n) is 13.7. The molecule has 1 atom stereocenters. The fourth-order valence-electron chi connectivity index (χ4n) is 6.66. The number of amides is 2. The Morgan fingerprint density at radius 2 is 1.54 bits per heavy atom. The number of hydrogen-bond donors (Lipinski definition) is 2. The van der Waals surface area contributed by atoms with Gasteiger partial charge in [-0.05, 0) is 85.3 Å². The molecule has 2 heterocycles. The number of nitrogens with zero attached hydrogens (tertiary/aromatic N) is 2. The van der Waals surface area contributed by atoms with E-state index in [-0.39, 0.29) is 38.1 Å². The van der Waals surface area contributed by atoms with Crippen molar-refractivity contribution < 1.29 is 41.5 Å². The number of nitrogens with one attached hydrogen (secondary N) is 1. The van der Waals surface area contributed by atoms with Crippen LogP contribution in [0.4, 0.5) is 10.8 Å². The number of carbonyl (C=O) groups excluding carboxylic acids is 2. The Labute approximate surface area is 337 Å². The van der Waals surface area contributed by atoms with Gasteiger partial charge in [0.1, 0.15) is 17.6 Å². The number of ether oxygens (including phenoxy) is 4. The minimum atomic E-state index is -4.33. The summed E-state index contributed by atoms with van der Waals surface area (Å²) in [5.41, 5.74) is 7.48. The Hall–Kier alpha value is -4.96. The molecule has 0 saturated carbocycles. The first kappa shape index (κ1) is 41.7. The number of fused-ring (bicyclic) bond motifs is 1. The standard InChI is InChI=1S/C43H47N3O9S2/c1-29-9-4-6-13-36(29)39(57(49,50)51)28-54-22-21-52-19-20-53-23-24-55-35-12-8-11-32(25-35)26-40(47)44-43-45-41(31(3)56-43)34-15-16-38-33(27-34)17-18-46(38)42(48)37-14-7-5-10-30(37)2/h4-16,25,27,39H,17-24,26,28H2,1-3H3,(H,44,45,47)(H,49,50,51). The molecule has 0 bridgehead atoms. The zero-order valence-corrected chi connectivity index (χ0v) is 33.9. The van der Waals surface area contributed by atoms with Gasteiger partial charge in [0.05, 0.1) is 51.8 Å². The average molecular weight is 814 g/mol. The fraction of sp³-hybridized carbons (Fsp3) is 0.326. The van der Waals surface area contributed by atoms with Crippen molar-refractivity contribution in [3.05, 3.63) is 129 Å². The van der Waals surface area contributed by atoms with Crippen molar-refractivity contribution in [2.45, 2.75) is 38.9 Å². The van der Waals surface area contributed by atoms with Gasteiger partial charge in [-0.15, -0.1) is 11.3 Å². The van der Waals surface area contributed by atoms with E-state index >= 15 is 0 Å². The molecule has 1 aromatic heterocycles. The Kier molecular flexibility index (Phi) is 14.2. The van der Waals surface area contributed by atoms with Crippen LogP contribution < -0.4 is 15.0 Å². The number of aromatic nitrogens is 1.